The summed E-state index contributed by atoms with van der Waals surface area (Å²) >= 11 is 0. The molecule has 0 saturated heterocycles. The molecule has 2 aliphatic carbocycles. The van der Waals surface area contributed by atoms with E-state index in [-0.39, 0.29) is 11.3 Å². The Balaban J connectivity index is 1.71. The summed E-state index contributed by atoms with van der Waals surface area (Å²) in [6.07, 6.45) is 9.23. The van der Waals surface area contributed by atoms with Gasteiger partial charge in [0, 0.05) is 13.0 Å². The van der Waals surface area contributed by atoms with Crippen LogP contribution in [-0.4, -0.2) is 19.0 Å². The maximum absolute atomic E-state index is 11.9. The van der Waals surface area contributed by atoms with Crippen LogP contribution in [0.5, 0.6) is 0 Å². The van der Waals surface area contributed by atoms with E-state index < -0.39 is 0 Å². The van der Waals surface area contributed by atoms with E-state index in [1.807, 2.05) is 0 Å². The molecule has 3 N–H and O–H groups in total. The third kappa shape index (κ3) is 3.01. The number of amides is 1. The quantitative estimate of drug-likeness (QED) is 0.714. The highest BCUT2D eigenvalue weighted by atomic mass is 16.1. The molecular weight excluding hydrogens is 212 g/mol. The number of carbonyl (C=O) groups excluding carboxylic acids is 1. The van der Waals surface area contributed by atoms with Crippen LogP contribution in [0.1, 0.15) is 58.3 Å². The lowest BCUT2D eigenvalue weighted by Crippen LogP contribution is -2.42. The van der Waals surface area contributed by atoms with Crippen LogP contribution in [0.2, 0.25) is 0 Å². The van der Waals surface area contributed by atoms with E-state index in [9.17, 15) is 4.79 Å². The summed E-state index contributed by atoms with van der Waals surface area (Å²) in [5, 5.41) is 3.13. The Morgan fingerprint density at radius 2 is 1.94 bits per heavy atom. The topological polar surface area (TPSA) is 55.1 Å². The zero-order valence-corrected chi connectivity index (χ0v) is 11.1. The van der Waals surface area contributed by atoms with Gasteiger partial charge in [0.25, 0.3) is 0 Å². The number of nitrogens with one attached hydrogen (secondary N) is 1. The molecule has 0 aromatic carbocycles. The highest BCUT2D eigenvalue weighted by molar-refractivity contribution is 5.77. The van der Waals surface area contributed by atoms with Crippen LogP contribution >= 0.6 is 0 Å². The Labute approximate surface area is 105 Å². The predicted molar refractivity (Wildman–Crippen MR) is 69.5 cm³/mol. The van der Waals surface area contributed by atoms with Gasteiger partial charge in [0.15, 0.2) is 0 Å². The Hall–Kier alpha value is -0.570. The molecule has 3 nitrogen and oxygen atoms in total. The molecule has 2 aliphatic rings. The normalized spacial score (nSPS) is 23.9. The van der Waals surface area contributed by atoms with Gasteiger partial charge in [-0.25, -0.2) is 0 Å². The van der Waals surface area contributed by atoms with Crippen molar-refractivity contribution in [3.63, 3.8) is 0 Å². The third-order valence-corrected chi connectivity index (χ3v) is 4.78. The van der Waals surface area contributed by atoms with E-state index in [0.29, 0.717) is 18.4 Å². The van der Waals surface area contributed by atoms with Gasteiger partial charge in [-0.1, -0.05) is 19.8 Å². The molecule has 0 aromatic rings. The van der Waals surface area contributed by atoms with Crippen LogP contribution in [0.3, 0.4) is 0 Å². The average Bonchev–Trinajstić information content (AvgIpc) is 3.02. The molecule has 2 fully saturated rings. The van der Waals surface area contributed by atoms with Gasteiger partial charge in [0.1, 0.15) is 0 Å². The molecule has 17 heavy (non-hydrogen) atoms. The largest absolute Gasteiger partial charge is 0.356 e. The van der Waals surface area contributed by atoms with Gasteiger partial charge in [-0.05, 0) is 49.5 Å². The van der Waals surface area contributed by atoms with E-state index in [4.69, 9.17) is 5.73 Å². The first-order chi connectivity index (χ1) is 8.14. The zero-order chi connectivity index (χ0) is 12.4. The van der Waals surface area contributed by atoms with Crippen molar-refractivity contribution in [3.05, 3.63) is 0 Å². The first-order valence-corrected chi connectivity index (χ1v) is 7.11. The van der Waals surface area contributed by atoms with E-state index in [0.717, 1.165) is 19.4 Å². The van der Waals surface area contributed by atoms with Gasteiger partial charge < -0.3 is 11.1 Å². The second-order valence-corrected chi connectivity index (χ2v) is 6.26. The fraction of sp³-hybridized carbons (Fsp3) is 0.929. The van der Waals surface area contributed by atoms with Crippen LogP contribution < -0.4 is 11.1 Å². The summed E-state index contributed by atoms with van der Waals surface area (Å²) in [7, 11) is 0. The predicted octanol–water partition coefficient (Wildman–Crippen LogP) is 2.20. The lowest BCUT2D eigenvalue weighted by Gasteiger charge is -2.40. The summed E-state index contributed by atoms with van der Waals surface area (Å²) in [5.74, 6) is 0.220. The van der Waals surface area contributed by atoms with Crippen LogP contribution in [-0.2, 0) is 4.79 Å². The molecule has 0 bridgehead atoms. The summed E-state index contributed by atoms with van der Waals surface area (Å²) < 4.78 is 0. The minimum absolute atomic E-state index is 0.144. The van der Waals surface area contributed by atoms with Gasteiger partial charge in [-0.3, -0.25) is 4.79 Å². The maximum atomic E-state index is 11.9. The summed E-state index contributed by atoms with van der Waals surface area (Å²) in [6.45, 7) is 3.78. The zero-order valence-electron chi connectivity index (χ0n) is 11.1. The number of nitrogens with two attached hydrogens (primary N) is 1. The highest BCUT2D eigenvalue weighted by Gasteiger charge is 2.42. The van der Waals surface area contributed by atoms with Crippen molar-refractivity contribution in [2.45, 2.75) is 58.3 Å². The molecule has 2 saturated carbocycles. The van der Waals surface area contributed by atoms with E-state index in [2.05, 4.69) is 12.2 Å². The first kappa shape index (κ1) is 12.9. The molecule has 0 aromatic heterocycles. The number of hydrogen-bond acceptors (Lipinski definition) is 2. The number of carbonyl (C=O) groups is 1. The molecule has 0 unspecified atom stereocenters. The molecule has 0 heterocycles. The van der Waals surface area contributed by atoms with Gasteiger partial charge in [0.05, 0.1) is 0 Å². The SMILES string of the molecule is CCCC1(CNC(=O)CC2(CN)CCC2)CC1. The van der Waals surface area contributed by atoms with Crippen LogP contribution in [0, 0.1) is 10.8 Å². The molecule has 0 spiro atoms. The van der Waals surface area contributed by atoms with Crippen molar-refractivity contribution in [2.75, 3.05) is 13.1 Å². The van der Waals surface area contributed by atoms with Crippen LogP contribution in [0.25, 0.3) is 0 Å². The lowest BCUT2D eigenvalue weighted by atomic mass is 9.66. The van der Waals surface area contributed by atoms with Gasteiger partial charge in [-0.15, -0.1) is 0 Å². The Morgan fingerprint density at radius 1 is 1.24 bits per heavy atom. The molecule has 0 radical (unpaired) electrons. The van der Waals surface area contributed by atoms with E-state index in [1.165, 1.54) is 32.1 Å². The molecular formula is C14H26N2O. The Kier molecular flexibility index (Phi) is 3.76. The Bertz CT molecular complexity index is 274. The molecule has 2 rings (SSSR count). The number of rotatable bonds is 7. The van der Waals surface area contributed by atoms with Gasteiger partial charge in [0.2, 0.25) is 5.91 Å². The van der Waals surface area contributed by atoms with Crippen molar-refractivity contribution < 1.29 is 4.79 Å². The Morgan fingerprint density at radius 3 is 2.35 bits per heavy atom. The molecule has 0 aliphatic heterocycles. The maximum Gasteiger partial charge on any atom is 0.220 e. The molecule has 98 valence electrons. The summed E-state index contributed by atoms with van der Waals surface area (Å²) in [5.41, 5.74) is 6.38. The van der Waals surface area contributed by atoms with Crippen molar-refractivity contribution in [1.82, 2.24) is 5.32 Å². The van der Waals surface area contributed by atoms with Gasteiger partial charge >= 0.3 is 0 Å². The monoisotopic (exact) mass is 238 g/mol. The second-order valence-electron chi connectivity index (χ2n) is 6.26. The minimum Gasteiger partial charge on any atom is -0.356 e. The highest BCUT2D eigenvalue weighted by Crippen LogP contribution is 2.49. The summed E-state index contributed by atoms with van der Waals surface area (Å²) in [4.78, 5) is 11.9. The lowest BCUT2D eigenvalue weighted by molar-refractivity contribution is -0.125. The smallest absolute Gasteiger partial charge is 0.220 e. The second kappa shape index (κ2) is 4.97. The van der Waals surface area contributed by atoms with E-state index in [1.54, 1.807) is 0 Å². The van der Waals surface area contributed by atoms with E-state index >= 15 is 0 Å². The third-order valence-electron chi connectivity index (χ3n) is 4.78. The molecule has 1 amide bonds. The fourth-order valence-electron chi connectivity index (χ4n) is 3.04. The van der Waals surface area contributed by atoms with Gasteiger partial charge in [-0.2, -0.15) is 0 Å². The fourth-order valence-corrected chi connectivity index (χ4v) is 3.04. The standard InChI is InChI=1S/C14H26N2O/c1-2-4-13(7-8-13)11-16-12(17)9-14(10-15)5-3-6-14/h2-11,15H2,1H3,(H,16,17). The molecule has 0 atom stereocenters. The van der Waals surface area contributed by atoms with Crippen LogP contribution in [0.4, 0.5) is 0 Å². The van der Waals surface area contributed by atoms with Crippen molar-refractivity contribution in [1.29, 1.82) is 0 Å². The van der Waals surface area contributed by atoms with Crippen molar-refractivity contribution >= 4 is 5.91 Å². The van der Waals surface area contributed by atoms with Crippen molar-refractivity contribution in [2.24, 2.45) is 16.6 Å². The van der Waals surface area contributed by atoms with Crippen LogP contribution in [0.15, 0.2) is 0 Å². The molecule has 3 heteroatoms. The van der Waals surface area contributed by atoms with Crippen molar-refractivity contribution in [3.8, 4) is 0 Å². The minimum atomic E-state index is 0.144. The first-order valence-electron chi connectivity index (χ1n) is 7.11. The summed E-state index contributed by atoms with van der Waals surface area (Å²) in [6, 6.07) is 0. The number of hydrogen-bond donors (Lipinski definition) is 2. The average molecular weight is 238 g/mol.